The first-order valence-corrected chi connectivity index (χ1v) is 8.99. The van der Waals surface area contributed by atoms with E-state index in [9.17, 15) is 0 Å². The van der Waals surface area contributed by atoms with Crippen LogP contribution in [-0.2, 0) is 6.54 Å². The Hall–Kier alpha value is -1.78. The van der Waals surface area contributed by atoms with Gasteiger partial charge in [0, 0.05) is 25.3 Å². The maximum atomic E-state index is 6.03. The molecule has 3 N–H and O–H groups in total. The molecular weight excluding hydrogens is 286 g/mol. The fraction of sp³-hybridized carbons (Fsp3) is 0.667. The Morgan fingerprint density at radius 3 is 2.48 bits per heavy atom. The molecule has 0 spiro atoms. The highest BCUT2D eigenvalue weighted by molar-refractivity contribution is 5.78. The van der Waals surface area contributed by atoms with Crippen LogP contribution in [0.4, 0.5) is 5.82 Å². The Morgan fingerprint density at radius 2 is 1.91 bits per heavy atom. The molecular formula is C18H31N5. The molecule has 0 aromatic carbocycles. The maximum absolute atomic E-state index is 6.03. The van der Waals surface area contributed by atoms with Gasteiger partial charge >= 0.3 is 0 Å². The fourth-order valence-corrected chi connectivity index (χ4v) is 3.10. The van der Waals surface area contributed by atoms with E-state index in [0.29, 0.717) is 18.5 Å². The summed E-state index contributed by atoms with van der Waals surface area (Å²) < 4.78 is 0. The SMILES string of the molecule is CCN(CC)c1ccc(CN=C(N)NC2CCCCCC2)cn1. The highest BCUT2D eigenvalue weighted by Gasteiger charge is 2.12. The van der Waals surface area contributed by atoms with Crippen LogP contribution < -0.4 is 16.0 Å². The number of anilines is 1. The molecule has 23 heavy (non-hydrogen) atoms. The van der Waals surface area contributed by atoms with Crippen LogP contribution in [0.15, 0.2) is 23.3 Å². The van der Waals surface area contributed by atoms with Crippen molar-refractivity contribution in [3.63, 3.8) is 0 Å². The third kappa shape index (κ3) is 5.73. The van der Waals surface area contributed by atoms with Gasteiger partial charge in [-0.2, -0.15) is 0 Å². The molecule has 0 radical (unpaired) electrons. The molecule has 2 rings (SSSR count). The molecule has 1 aromatic rings. The van der Waals surface area contributed by atoms with E-state index in [4.69, 9.17) is 5.73 Å². The molecule has 1 aromatic heterocycles. The molecule has 1 saturated carbocycles. The van der Waals surface area contributed by atoms with E-state index in [-0.39, 0.29) is 0 Å². The second-order valence-electron chi connectivity index (χ2n) is 6.23. The first-order valence-electron chi connectivity index (χ1n) is 8.99. The van der Waals surface area contributed by atoms with Gasteiger partial charge in [-0.05, 0) is 38.3 Å². The van der Waals surface area contributed by atoms with Crippen LogP contribution in [0.1, 0.15) is 57.9 Å². The number of aromatic nitrogens is 1. The average molecular weight is 317 g/mol. The maximum Gasteiger partial charge on any atom is 0.189 e. The van der Waals surface area contributed by atoms with Crippen molar-refractivity contribution in [1.82, 2.24) is 10.3 Å². The second-order valence-corrected chi connectivity index (χ2v) is 6.23. The first kappa shape index (κ1) is 17.6. The van der Waals surface area contributed by atoms with Crippen molar-refractivity contribution < 1.29 is 0 Å². The third-order valence-electron chi connectivity index (χ3n) is 4.54. The Morgan fingerprint density at radius 1 is 1.22 bits per heavy atom. The Balaban J connectivity index is 1.85. The minimum absolute atomic E-state index is 0.490. The summed E-state index contributed by atoms with van der Waals surface area (Å²) in [4.78, 5) is 11.2. The van der Waals surface area contributed by atoms with Gasteiger partial charge in [0.05, 0.1) is 6.54 Å². The molecule has 1 heterocycles. The zero-order chi connectivity index (χ0) is 16.5. The lowest BCUT2D eigenvalue weighted by Crippen LogP contribution is -2.39. The van der Waals surface area contributed by atoms with Gasteiger partial charge in [0.1, 0.15) is 5.82 Å². The predicted molar refractivity (Wildman–Crippen MR) is 97.8 cm³/mol. The zero-order valence-corrected chi connectivity index (χ0v) is 14.6. The summed E-state index contributed by atoms with van der Waals surface area (Å²) in [5.74, 6) is 1.58. The number of nitrogens with two attached hydrogens (primary N) is 1. The highest BCUT2D eigenvalue weighted by Crippen LogP contribution is 2.17. The van der Waals surface area contributed by atoms with E-state index < -0.39 is 0 Å². The summed E-state index contributed by atoms with van der Waals surface area (Å²) >= 11 is 0. The van der Waals surface area contributed by atoms with Crippen LogP contribution in [-0.4, -0.2) is 30.1 Å². The van der Waals surface area contributed by atoms with Crippen molar-refractivity contribution in [2.75, 3.05) is 18.0 Å². The molecule has 5 heteroatoms. The summed E-state index contributed by atoms with van der Waals surface area (Å²) in [6, 6.07) is 4.64. The van der Waals surface area contributed by atoms with Gasteiger partial charge in [-0.25, -0.2) is 9.98 Å². The van der Waals surface area contributed by atoms with E-state index in [1.54, 1.807) is 0 Å². The number of nitrogens with one attached hydrogen (secondary N) is 1. The number of hydrogen-bond donors (Lipinski definition) is 2. The van der Waals surface area contributed by atoms with Crippen molar-refractivity contribution in [2.45, 2.75) is 65.0 Å². The molecule has 0 atom stereocenters. The van der Waals surface area contributed by atoms with Crippen LogP contribution in [0.2, 0.25) is 0 Å². The Labute approximate surface area is 140 Å². The zero-order valence-electron chi connectivity index (χ0n) is 14.6. The van der Waals surface area contributed by atoms with Crippen molar-refractivity contribution in [3.05, 3.63) is 23.9 Å². The average Bonchev–Trinajstić information content (AvgIpc) is 2.84. The fourth-order valence-electron chi connectivity index (χ4n) is 3.10. The number of nitrogens with zero attached hydrogens (tertiary/aromatic N) is 3. The largest absolute Gasteiger partial charge is 0.370 e. The molecule has 1 aliphatic rings. The van der Waals surface area contributed by atoms with E-state index in [2.05, 4.69) is 46.2 Å². The third-order valence-corrected chi connectivity index (χ3v) is 4.54. The first-order chi connectivity index (χ1) is 11.2. The highest BCUT2D eigenvalue weighted by atomic mass is 15.2. The van der Waals surface area contributed by atoms with E-state index >= 15 is 0 Å². The monoisotopic (exact) mass is 317 g/mol. The van der Waals surface area contributed by atoms with Crippen LogP contribution in [0.3, 0.4) is 0 Å². The number of aliphatic imine (C=N–C) groups is 1. The topological polar surface area (TPSA) is 66.5 Å². The van der Waals surface area contributed by atoms with Gasteiger partial charge in [0.25, 0.3) is 0 Å². The van der Waals surface area contributed by atoms with Crippen LogP contribution in [0, 0.1) is 0 Å². The summed E-state index contributed by atoms with van der Waals surface area (Å²) in [6.07, 6.45) is 9.59. The van der Waals surface area contributed by atoms with Crippen molar-refractivity contribution in [3.8, 4) is 0 Å². The number of pyridine rings is 1. The van der Waals surface area contributed by atoms with Gasteiger partial charge in [-0.3, -0.25) is 0 Å². The van der Waals surface area contributed by atoms with Crippen LogP contribution >= 0.6 is 0 Å². The molecule has 0 aliphatic heterocycles. The quantitative estimate of drug-likeness (QED) is 0.481. The van der Waals surface area contributed by atoms with Crippen LogP contribution in [0.25, 0.3) is 0 Å². The normalized spacial score (nSPS) is 16.9. The lowest BCUT2D eigenvalue weighted by molar-refractivity contribution is 0.530. The summed E-state index contributed by atoms with van der Waals surface area (Å²) in [5.41, 5.74) is 7.12. The predicted octanol–water partition coefficient (Wildman–Crippen LogP) is 3.05. The second kappa shape index (κ2) is 9.38. The van der Waals surface area contributed by atoms with Crippen molar-refractivity contribution >= 4 is 11.8 Å². The standard InChI is InChI=1S/C18H31N5/c1-3-23(4-2)17-12-11-15(13-20-17)14-21-18(19)22-16-9-7-5-6-8-10-16/h11-13,16H,3-10,14H2,1-2H3,(H3,19,21,22). The molecule has 0 unspecified atom stereocenters. The summed E-state index contributed by atoms with van der Waals surface area (Å²) in [5, 5.41) is 3.38. The van der Waals surface area contributed by atoms with Gasteiger partial charge in [0.2, 0.25) is 0 Å². The van der Waals surface area contributed by atoms with E-state index in [0.717, 1.165) is 24.5 Å². The lowest BCUT2D eigenvalue weighted by atomic mass is 10.1. The minimum atomic E-state index is 0.490. The Kier molecular flexibility index (Phi) is 7.17. The van der Waals surface area contributed by atoms with Crippen molar-refractivity contribution in [2.24, 2.45) is 10.7 Å². The number of rotatable bonds is 6. The van der Waals surface area contributed by atoms with E-state index in [1.807, 2.05) is 6.20 Å². The molecule has 0 amide bonds. The van der Waals surface area contributed by atoms with Crippen molar-refractivity contribution in [1.29, 1.82) is 0 Å². The number of guanidine groups is 1. The lowest BCUT2D eigenvalue weighted by Gasteiger charge is -2.19. The Bertz CT molecular complexity index is 471. The summed E-state index contributed by atoms with van der Waals surface area (Å²) in [7, 11) is 0. The molecule has 128 valence electrons. The smallest absolute Gasteiger partial charge is 0.189 e. The van der Waals surface area contributed by atoms with Crippen LogP contribution in [0.5, 0.6) is 0 Å². The minimum Gasteiger partial charge on any atom is -0.370 e. The van der Waals surface area contributed by atoms with Gasteiger partial charge in [0.15, 0.2) is 5.96 Å². The summed E-state index contributed by atoms with van der Waals surface area (Å²) in [6.45, 7) is 6.81. The molecule has 1 aliphatic carbocycles. The molecule has 5 nitrogen and oxygen atoms in total. The van der Waals surface area contributed by atoms with E-state index in [1.165, 1.54) is 38.5 Å². The van der Waals surface area contributed by atoms with Gasteiger partial charge in [-0.15, -0.1) is 0 Å². The number of hydrogen-bond acceptors (Lipinski definition) is 3. The van der Waals surface area contributed by atoms with Gasteiger partial charge in [-0.1, -0.05) is 31.7 Å². The molecule has 0 bridgehead atoms. The molecule has 1 fully saturated rings. The molecule has 0 saturated heterocycles. The van der Waals surface area contributed by atoms with Gasteiger partial charge < -0.3 is 16.0 Å².